The lowest BCUT2D eigenvalue weighted by atomic mass is 9.94. The van der Waals surface area contributed by atoms with E-state index in [0.29, 0.717) is 0 Å². The Labute approximate surface area is 308 Å². The number of hydrogen-bond donors (Lipinski definition) is 0. The Kier molecular flexibility index (Phi) is 5.93. The van der Waals surface area contributed by atoms with Crippen LogP contribution in [0, 0.1) is 0 Å². The van der Waals surface area contributed by atoms with E-state index in [1.54, 1.807) is 0 Å². The van der Waals surface area contributed by atoms with Gasteiger partial charge in [-0.15, -0.1) is 11.3 Å². The molecule has 0 unspecified atom stereocenters. The van der Waals surface area contributed by atoms with Gasteiger partial charge < -0.3 is 4.57 Å². The number of nitrogens with zero attached hydrogens (tertiary/aromatic N) is 3. The molecular formula is C49H29N3S. The molecule has 246 valence electrons. The molecule has 0 N–H and O–H groups in total. The topological polar surface area (TPSA) is 22.8 Å². The van der Waals surface area contributed by atoms with Crippen LogP contribution in [-0.2, 0) is 0 Å². The molecule has 0 bridgehead atoms. The summed E-state index contributed by atoms with van der Waals surface area (Å²) in [6, 6.07) is 63.8. The van der Waals surface area contributed by atoms with Gasteiger partial charge in [0.1, 0.15) is 5.82 Å². The summed E-state index contributed by atoms with van der Waals surface area (Å²) >= 11 is 1.94. The molecule has 12 aromatic rings. The van der Waals surface area contributed by atoms with Gasteiger partial charge in [-0.05, 0) is 76.1 Å². The van der Waals surface area contributed by atoms with Crippen LogP contribution in [0.1, 0.15) is 0 Å². The summed E-state index contributed by atoms with van der Waals surface area (Å²) in [5, 5.41) is 13.0. The Bertz CT molecular complexity index is 3440. The van der Waals surface area contributed by atoms with Crippen molar-refractivity contribution in [1.29, 1.82) is 0 Å². The molecule has 0 amide bonds. The Morgan fingerprint density at radius 1 is 0.358 bits per heavy atom. The SMILES string of the molecule is c1ccc(-n2c(-c3ccc(-n4c5ccccc5c5c6ccccc6c6sc7c8ccccc8c8ccccc8c7c6c54)cc3)nc3ccccc32)cc1. The zero-order chi connectivity index (χ0) is 34.6. The highest BCUT2D eigenvalue weighted by Gasteiger charge is 2.24. The predicted molar refractivity (Wildman–Crippen MR) is 226 cm³/mol. The van der Waals surface area contributed by atoms with Crippen molar-refractivity contribution in [2.45, 2.75) is 0 Å². The third-order valence-electron chi connectivity index (χ3n) is 11.1. The van der Waals surface area contributed by atoms with Crippen LogP contribution >= 0.6 is 11.3 Å². The first-order chi connectivity index (χ1) is 26.3. The molecule has 0 fully saturated rings. The summed E-state index contributed by atoms with van der Waals surface area (Å²) in [5.41, 5.74) is 7.84. The van der Waals surface area contributed by atoms with Gasteiger partial charge in [-0.2, -0.15) is 0 Å². The maximum absolute atomic E-state index is 5.17. The van der Waals surface area contributed by atoms with Gasteiger partial charge in [-0.1, -0.05) is 121 Å². The number of imidazole rings is 1. The Balaban J connectivity index is 1.21. The first-order valence-corrected chi connectivity index (χ1v) is 18.9. The summed E-state index contributed by atoms with van der Waals surface area (Å²) in [5.74, 6) is 0.932. The number of fused-ring (bicyclic) bond motifs is 16. The number of rotatable bonds is 3. The fourth-order valence-corrected chi connectivity index (χ4v) is 10.3. The van der Waals surface area contributed by atoms with Crippen molar-refractivity contribution in [2.75, 3.05) is 0 Å². The Morgan fingerprint density at radius 3 is 1.60 bits per heavy atom. The number of hydrogen-bond acceptors (Lipinski definition) is 2. The lowest BCUT2D eigenvalue weighted by Gasteiger charge is -2.13. The second kappa shape index (κ2) is 10.9. The zero-order valence-electron chi connectivity index (χ0n) is 28.5. The van der Waals surface area contributed by atoms with E-state index in [1.165, 1.54) is 74.3 Å². The van der Waals surface area contributed by atoms with Crippen LogP contribution < -0.4 is 0 Å². The summed E-state index contributed by atoms with van der Waals surface area (Å²) in [6.07, 6.45) is 0. The van der Waals surface area contributed by atoms with Gasteiger partial charge in [0.2, 0.25) is 0 Å². The van der Waals surface area contributed by atoms with E-state index >= 15 is 0 Å². The fraction of sp³-hybridized carbons (Fsp3) is 0. The lowest BCUT2D eigenvalue weighted by Crippen LogP contribution is -1.98. The molecule has 0 spiro atoms. The molecule has 3 nitrogen and oxygen atoms in total. The number of thiophene rings is 1. The average molecular weight is 692 g/mol. The normalized spacial score (nSPS) is 12.2. The summed E-state index contributed by atoms with van der Waals surface area (Å²) in [6.45, 7) is 0. The molecule has 0 aliphatic heterocycles. The Morgan fingerprint density at radius 2 is 0.868 bits per heavy atom. The maximum atomic E-state index is 5.17. The molecule has 53 heavy (non-hydrogen) atoms. The van der Waals surface area contributed by atoms with Crippen LogP contribution in [0.4, 0.5) is 0 Å². The van der Waals surface area contributed by atoms with Crippen molar-refractivity contribution >= 4 is 96.7 Å². The summed E-state index contributed by atoms with van der Waals surface area (Å²) in [7, 11) is 0. The van der Waals surface area contributed by atoms with Gasteiger partial charge in [0.15, 0.2) is 0 Å². The molecule has 0 aliphatic rings. The molecule has 9 aromatic carbocycles. The van der Waals surface area contributed by atoms with Crippen molar-refractivity contribution in [3.05, 3.63) is 176 Å². The van der Waals surface area contributed by atoms with Gasteiger partial charge >= 0.3 is 0 Å². The van der Waals surface area contributed by atoms with E-state index in [0.717, 1.165) is 33.8 Å². The van der Waals surface area contributed by atoms with Crippen LogP contribution in [0.25, 0.3) is 108 Å². The number of aromatic nitrogens is 3. The molecule has 3 heterocycles. The lowest BCUT2D eigenvalue weighted by molar-refractivity contribution is 1.10. The van der Waals surface area contributed by atoms with E-state index in [9.17, 15) is 0 Å². The largest absolute Gasteiger partial charge is 0.309 e. The molecule has 0 saturated carbocycles. The van der Waals surface area contributed by atoms with E-state index in [1.807, 2.05) is 11.3 Å². The third kappa shape index (κ3) is 3.96. The van der Waals surface area contributed by atoms with E-state index in [-0.39, 0.29) is 0 Å². The number of para-hydroxylation sites is 4. The van der Waals surface area contributed by atoms with Crippen molar-refractivity contribution in [3.8, 4) is 22.8 Å². The molecule has 12 rings (SSSR count). The van der Waals surface area contributed by atoms with Crippen molar-refractivity contribution < 1.29 is 0 Å². The smallest absolute Gasteiger partial charge is 0.145 e. The molecular weight excluding hydrogens is 663 g/mol. The van der Waals surface area contributed by atoms with E-state index < -0.39 is 0 Å². The van der Waals surface area contributed by atoms with Crippen LogP contribution in [-0.4, -0.2) is 14.1 Å². The van der Waals surface area contributed by atoms with Crippen molar-refractivity contribution in [3.63, 3.8) is 0 Å². The predicted octanol–water partition coefficient (Wildman–Crippen LogP) is 13.6. The first kappa shape index (κ1) is 28.9. The molecule has 3 aromatic heterocycles. The van der Waals surface area contributed by atoms with Gasteiger partial charge in [0, 0.05) is 58.7 Å². The minimum atomic E-state index is 0.932. The van der Waals surface area contributed by atoms with Crippen molar-refractivity contribution in [2.24, 2.45) is 0 Å². The highest BCUT2D eigenvalue weighted by atomic mass is 32.1. The third-order valence-corrected chi connectivity index (χ3v) is 12.3. The molecule has 0 radical (unpaired) electrons. The van der Waals surface area contributed by atoms with Crippen LogP contribution in [0.5, 0.6) is 0 Å². The van der Waals surface area contributed by atoms with Gasteiger partial charge in [-0.3, -0.25) is 4.57 Å². The van der Waals surface area contributed by atoms with E-state index in [2.05, 4.69) is 185 Å². The summed E-state index contributed by atoms with van der Waals surface area (Å²) in [4.78, 5) is 5.17. The highest BCUT2D eigenvalue weighted by Crippen LogP contribution is 2.51. The van der Waals surface area contributed by atoms with Gasteiger partial charge in [0.25, 0.3) is 0 Å². The number of benzene rings is 9. The van der Waals surface area contributed by atoms with Crippen LogP contribution in [0.2, 0.25) is 0 Å². The van der Waals surface area contributed by atoms with Crippen LogP contribution in [0.3, 0.4) is 0 Å². The molecule has 0 aliphatic carbocycles. The second-order valence-corrected chi connectivity index (χ2v) is 14.9. The second-order valence-electron chi connectivity index (χ2n) is 13.9. The Hall–Kier alpha value is -6.75. The molecule has 0 saturated heterocycles. The molecule has 4 heteroatoms. The van der Waals surface area contributed by atoms with Gasteiger partial charge in [-0.25, -0.2) is 4.98 Å². The van der Waals surface area contributed by atoms with Crippen LogP contribution in [0.15, 0.2) is 176 Å². The quantitative estimate of drug-likeness (QED) is 0.169. The minimum absolute atomic E-state index is 0.932. The van der Waals surface area contributed by atoms with Crippen molar-refractivity contribution in [1.82, 2.24) is 14.1 Å². The minimum Gasteiger partial charge on any atom is -0.309 e. The highest BCUT2D eigenvalue weighted by molar-refractivity contribution is 7.28. The monoisotopic (exact) mass is 691 g/mol. The summed E-state index contributed by atoms with van der Waals surface area (Å²) < 4.78 is 7.47. The molecule has 0 atom stereocenters. The first-order valence-electron chi connectivity index (χ1n) is 18.1. The van der Waals surface area contributed by atoms with Gasteiger partial charge in [0.05, 0.1) is 22.1 Å². The average Bonchev–Trinajstić information content (AvgIpc) is 3.92. The zero-order valence-corrected chi connectivity index (χ0v) is 29.3. The fourth-order valence-electron chi connectivity index (χ4n) is 8.88. The maximum Gasteiger partial charge on any atom is 0.145 e. The standard InChI is InChI=1S/C49H29N3S/c1-2-14-31(15-3-1)52-42-25-13-11-23-40(42)50-49(52)30-26-28-32(29-27-30)51-41-24-12-10-22-39(41)43-36-19-7-9-21-38(36)48-45(46(43)51)44-35-18-6-4-16-33(35)34-17-5-8-20-37(34)47(44)53-48/h1-29H. The van der Waals surface area contributed by atoms with E-state index in [4.69, 9.17) is 4.98 Å².